The molecule has 0 saturated carbocycles. The van der Waals surface area contributed by atoms with Gasteiger partial charge in [0.05, 0.1) is 5.69 Å². The number of anilines is 1. The summed E-state index contributed by atoms with van der Waals surface area (Å²) in [7, 11) is -4.13. The molecule has 1 aromatic heterocycles. The maximum absolute atomic E-state index is 13.6. The van der Waals surface area contributed by atoms with E-state index in [0.29, 0.717) is 5.69 Å². The summed E-state index contributed by atoms with van der Waals surface area (Å²) in [4.78, 5) is -0.508. The Hall–Kier alpha value is -2.88. The third-order valence-corrected chi connectivity index (χ3v) is 4.80. The van der Waals surface area contributed by atoms with Gasteiger partial charge in [0, 0.05) is 11.9 Å². The molecule has 0 aliphatic carbocycles. The molecule has 0 bridgehead atoms. The van der Waals surface area contributed by atoms with Gasteiger partial charge in [-0.3, -0.25) is 4.72 Å². The third-order valence-electron chi connectivity index (χ3n) is 3.39. The average Bonchev–Trinajstić information content (AvgIpc) is 3.06. The zero-order chi connectivity index (χ0) is 18.9. The van der Waals surface area contributed by atoms with E-state index in [9.17, 15) is 26.0 Å². The van der Waals surface area contributed by atoms with Gasteiger partial charge in [-0.15, -0.1) is 0 Å². The number of halogens is 4. The topological polar surface area (TPSA) is 64.0 Å². The van der Waals surface area contributed by atoms with Crippen molar-refractivity contribution in [1.29, 1.82) is 0 Å². The van der Waals surface area contributed by atoms with Gasteiger partial charge in [-0.05, 0) is 42.5 Å². The van der Waals surface area contributed by atoms with Gasteiger partial charge < -0.3 is 0 Å². The molecule has 5 nitrogen and oxygen atoms in total. The fourth-order valence-electron chi connectivity index (χ4n) is 2.17. The number of aromatic nitrogens is 2. The first kappa shape index (κ1) is 17.9. The maximum atomic E-state index is 13.6. The summed E-state index contributed by atoms with van der Waals surface area (Å²) in [6.45, 7) is 0. The molecule has 0 unspecified atom stereocenters. The lowest BCUT2D eigenvalue weighted by Gasteiger charge is -2.09. The van der Waals surface area contributed by atoms with E-state index in [1.165, 1.54) is 36.4 Å². The minimum atomic E-state index is -4.55. The zero-order valence-corrected chi connectivity index (χ0v) is 13.7. The van der Waals surface area contributed by atoms with Crippen molar-refractivity contribution >= 4 is 15.7 Å². The van der Waals surface area contributed by atoms with Crippen LogP contribution in [0.3, 0.4) is 0 Å². The van der Waals surface area contributed by atoms with E-state index in [-0.39, 0.29) is 5.69 Å². The molecule has 136 valence electrons. The maximum Gasteiger partial charge on any atom is 0.435 e. The highest BCUT2D eigenvalue weighted by atomic mass is 32.2. The normalized spacial score (nSPS) is 12.2. The van der Waals surface area contributed by atoms with Crippen LogP contribution in [0.4, 0.5) is 23.2 Å². The van der Waals surface area contributed by atoms with Crippen LogP contribution in [0.15, 0.2) is 65.7 Å². The molecular formula is C16H11F4N3O2S. The molecule has 2 aromatic carbocycles. The number of nitrogens with one attached hydrogen (secondary N) is 1. The van der Waals surface area contributed by atoms with Gasteiger partial charge >= 0.3 is 6.18 Å². The second kappa shape index (κ2) is 6.45. The molecule has 0 amide bonds. The van der Waals surface area contributed by atoms with Crippen molar-refractivity contribution in [2.75, 3.05) is 4.72 Å². The van der Waals surface area contributed by atoms with Crippen LogP contribution in [-0.4, -0.2) is 18.2 Å². The van der Waals surface area contributed by atoms with Crippen LogP contribution >= 0.6 is 0 Å². The number of benzene rings is 2. The molecule has 0 spiro atoms. The van der Waals surface area contributed by atoms with E-state index in [4.69, 9.17) is 0 Å². The second-order valence-electron chi connectivity index (χ2n) is 5.23. The van der Waals surface area contributed by atoms with Crippen LogP contribution in [0.2, 0.25) is 0 Å². The van der Waals surface area contributed by atoms with Crippen LogP contribution < -0.4 is 4.72 Å². The third kappa shape index (κ3) is 3.69. The van der Waals surface area contributed by atoms with Gasteiger partial charge in [0.1, 0.15) is 10.7 Å². The van der Waals surface area contributed by atoms with Crippen molar-refractivity contribution in [3.8, 4) is 5.69 Å². The van der Waals surface area contributed by atoms with Crippen LogP contribution in [0.5, 0.6) is 0 Å². The minimum Gasteiger partial charge on any atom is -0.280 e. The van der Waals surface area contributed by atoms with Gasteiger partial charge in [0.25, 0.3) is 10.0 Å². The Morgan fingerprint density at radius 2 is 1.62 bits per heavy atom. The monoisotopic (exact) mass is 385 g/mol. The number of hydrogen-bond donors (Lipinski definition) is 1. The van der Waals surface area contributed by atoms with E-state index >= 15 is 0 Å². The lowest BCUT2D eigenvalue weighted by Crippen LogP contribution is -2.14. The van der Waals surface area contributed by atoms with Gasteiger partial charge in [-0.2, -0.15) is 18.3 Å². The average molecular weight is 385 g/mol. The molecule has 0 radical (unpaired) electrons. The van der Waals surface area contributed by atoms with E-state index in [0.717, 1.165) is 29.1 Å². The Morgan fingerprint density at radius 3 is 2.19 bits per heavy atom. The summed E-state index contributed by atoms with van der Waals surface area (Å²) < 4.78 is 79.0. The molecule has 1 N–H and O–H groups in total. The van der Waals surface area contributed by atoms with Gasteiger partial charge in [-0.1, -0.05) is 12.1 Å². The summed E-state index contributed by atoms with van der Waals surface area (Å²) >= 11 is 0. The van der Waals surface area contributed by atoms with Crippen molar-refractivity contribution in [1.82, 2.24) is 9.78 Å². The standard InChI is InChI=1S/C16H11F4N3O2S/c17-13-3-1-2-4-14(13)26(24,25)22-11-5-7-12(8-6-11)23-10-9-15(21-23)16(18,19)20/h1-10,22H. The minimum absolute atomic E-state index is 0.125. The van der Waals surface area contributed by atoms with E-state index in [2.05, 4.69) is 9.82 Å². The molecule has 0 atom stereocenters. The van der Waals surface area contributed by atoms with Crippen molar-refractivity contribution in [2.24, 2.45) is 0 Å². The molecule has 1 heterocycles. The van der Waals surface area contributed by atoms with Crippen molar-refractivity contribution in [3.63, 3.8) is 0 Å². The molecule has 0 fully saturated rings. The predicted molar refractivity (Wildman–Crippen MR) is 85.8 cm³/mol. The summed E-state index contributed by atoms with van der Waals surface area (Å²) in [5.74, 6) is -0.896. The summed E-state index contributed by atoms with van der Waals surface area (Å²) in [5.41, 5.74) is -0.614. The predicted octanol–water partition coefficient (Wildman–Crippen LogP) is 3.83. The fraction of sp³-hybridized carbons (Fsp3) is 0.0625. The van der Waals surface area contributed by atoms with Gasteiger partial charge in [-0.25, -0.2) is 17.5 Å². The molecule has 3 aromatic rings. The quantitative estimate of drug-likeness (QED) is 0.695. The molecule has 10 heteroatoms. The molecular weight excluding hydrogens is 374 g/mol. The van der Waals surface area contributed by atoms with Crippen molar-refractivity contribution < 1.29 is 26.0 Å². The van der Waals surface area contributed by atoms with Crippen LogP contribution in [0.1, 0.15) is 5.69 Å². The SMILES string of the molecule is O=S(=O)(Nc1ccc(-n2ccc(C(F)(F)F)n2)cc1)c1ccccc1F. The Labute approximate surface area is 145 Å². The van der Waals surface area contributed by atoms with Crippen molar-refractivity contribution in [3.05, 3.63) is 72.3 Å². The first-order valence-corrected chi connectivity index (χ1v) is 8.66. The Kier molecular flexibility index (Phi) is 4.45. The largest absolute Gasteiger partial charge is 0.435 e. The van der Waals surface area contributed by atoms with E-state index in [1.807, 2.05) is 0 Å². The Morgan fingerprint density at radius 1 is 0.962 bits per heavy atom. The second-order valence-corrected chi connectivity index (χ2v) is 6.88. The number of hydrogen-bond acceptors (Lipinski definition) is 3. The van der Waals surface area contributed by atoms with E-state index < -0.39 is 32.6 Å². The van der Waals surface area contributed by atoms with Crippen LogP contribution in [0.25, 0.3) is 5.69 Å². The lowest BCUT2D eigenvalue weighted by atomic mass is 10.3. The number of sulfonamides is 1. The van der Waals surface area contributed by atoms with Crippen molar-refractivity contribution in [2.45, 2.75) is 11.1 Å². The highest BCUT2D eigenvalue weighted by Gasteiger charge is 2.33. The fourth-order valence-corrected chi connectivity index (χ4v) is 3.31. The smallest absolute Gasteiger partial charge is 0.280 e. The number of alkyl halides is 3. The lowest BCUT2D eigenvalue weighted by molar-refractivity contribution is -0.141. The summed E-state index contributed by atoms with van der Waals surface area (Å²) in [6, 6.07) is 11.2. The van der Waals surface area contributed by atoms with Gasteiger partial charge in [0.2, 0.25) is 0 Å². The highest BCUT2D eigenvalue weighted by Crippen LogP contribution is 2.28. The Balaban J connectivity index is 1.82. The summed E-state index contributed by atoms with van der Waals surface area (Å²) in [5, 5.41) is 3.42. The highest BCUT2D eigenvalue weighted by molar-refractivity contribution is 7.92. The van der Waals surface area contributed by atoms with Gasteiger partial charge in [0.15, 0.2) is 5.69 Å². The van der Waals surface area contributed by atoms with E-state index in [1.54, 1.807) is 0 Å². The molecule has 0 saturated heterocycles. The molecule has 0 aliphatic heterocycles. The zero-order valence-electron chi connectivity index (χ0n) is 12.9. The first-order valence-electron chi connectivity index (χ1n) is 7.17. The molecule has 26 heavy (non-hydrogen) atoms. The van der Waals surface area contributed by atoms with Crippen LogP contribution in [-0.2, 0) is 16.2 Å². The molecule has 3 rings (SSSR count). The first-order chi connectivity index (χ1) is 12.2. The number of rotatable bonds is 4. The summed E-state index contributed by atoms with van der Waals surface area (Å²) in [6.07, 6.45) is -3.41. The molecule has 0 aliphatic rings. The van der Waals surface area contributed by atoms with Crippen LogP contribution in [0, 0.1) is 5.82 Å². The Bertz CT molecular complexity index is 1030. The number of nitrogens with zero attached hydrogens (tertiary/aromatic N) is 2.